The van der Waals surface area contributed by atoms with Crippen LogP contribution in [0.25, 0.3) is 0 Å². The molecule has 0 spiro atoms. The van der Waals surface area contributed by atoms with Crippen LogP contribution in [0.3, 0.4) is 0 Å². The van der Waals surface area contributed by atoms with Crippen molar-refractivity contribution in [3.8, 4) is 0 Å². The predicted molar refractivity (Wildman–Crippen MR) is 85.6 cm³/mol. The molecule has 2 heteroatoms. The lowest BCUT2D eigenvalue weighted by molar-refractivity contribution is 0.101. The summed E-state index contributed by atoms with van der Waals surface area (Å²) >= 11 is 0. The Kier molecular flexibility index (Phi) is 6.82. The topological polar surface area (TPSA) is 15.3 Å². The van der Waals surface area contributed by atoms with Crippen molar-refractivity contribution in [2.45, 2.75) is 78.8 Å². The molecule has 1 atom stereocenters. The van der Waals surface area contributed by atoms with Gasteiger partial charge in [-0.2, -0.15) is 0 Å². The second-order valence-electron chi connectivity index (χ2n) is 7.49. The largest absolute Gasteiger partial charge is 0.314 e. The molecular formula is C17H36N2. The predicted octanol–water partition coefficient (Wildman–Crippen LogP) is 3.91. The summed E-state index contributed by atoms with van der Waals surface area (Å²) in [5.41, 5.74) is 0.340. The highest BCUT2D eigenvalue weighted by molar-refractivity contribution is 4.86. The third-order valence-electron chi connectivity index (χ3n) is 5.14. The summed E-state index contributed by atoms with van der Waals surface area (Å²) in [5.74, 6) is 0.947. The van der Waals surface area contributed by atoms with Crippen LogP contribution in [0.2, 0.25) is 0 Å². The van der Waals surface area contributed by atoms with Gasteiger partial charge < -0.3 is 10.2 Å². The zero-order valence-corrected chi connectivity index (χ0v) is 14.1. The van der Waals surface area contributed by atoms with E-state index >= 15 is 0 Å². The van der Waals surface area contributed by atoms with Gasteiger partial charge >= 0.3 is 0 Å². The van der Waals surface area contributed by atoms with E-state index in [2.05, 4.69) is 51.9 Å². The maximum Gasteiger partial charge on any atom is 0.0102 e. The summed E-state index contributed by atoms with van der Waals surface area (Å²) in [7, 11) is 2.33. The van der Waals surface area contributed by atoms with Gasteiger partial charge in [-0.1, -0.05) is 27.7 Å². The van der Waals surface area contributed by atoms with Gasteiger partial charge in [0.15, 0.2) is 0 Å². The molecule has 2 nitrogen and oxygen atoms in total. The molecule has 1 fully saturated rings. The molecule has 1 rings (SSSR count). The van der Waals surface area contributed by atoms with E-state index < -0.39 is 0 Å². The molecule has 0 aromatic heterocycles. The zero-order valence-electron chi connectivity index (χ0n) is 14.1. The van der Waals surface area contributed by atoms with Crippen LogP contribution in [0.15, 0.2) is 0 Å². The van der Waals surface area contributed by atoms with Crippen LogP contribution >= 0.6 is 0 Å². The van der Waals surface area contributed by atoms with Crippen LogP contribution in [0, 0.1) is 11.3 Å². The van der Waals surface area contributed by atoms with E-state index in [9.17, 15) is 0 Å². The van der Waals surface area contributed by atoms with Gasteiger partial charge in [0.2, 0.25) is 0 Å². The third-order valence-corrected chi connectivity index (χ3v) is 5.14. The minimum Gasteiger partial charge on any atom is -0.314 e. The Labute approximate surface area is 121 Å². The van der Waals surface area contributed by atoms with Crippen molar-refractivity contribution in [3.63, 3.8) is 0 Å². The summed E-state index contributed by atoms with van der Waals surface area (Å²) in [4.78, 5) is 2.62. The highest BCUT2D eigenvalue weighted by Gasteiger charge is 2.30. The molecule has 0 aromatic rings. The van der Waals surface area contributed by atoms with Crippen LogP contribution in [-0.2, 0) is 0 Å². The van der Waals surface area contributed by atoms with Crippen LogP contribution < -0.4 is 5.32 Å². The van der Waals surface area contributed by atoms with E-state index in [0.717, 1.165) is 18.5 Å². The third kappa shape index (κ3) is 5.43. The summed E-state index contributed by atoms with van der Waals surface area (Å²) in [6.45, 7) is 14.1. The SMILES string of the molecule is CCCNC(C)C(C)(C)CN(C)C1CCC(C)CC1. The van der Waals surface area contributed by atoms with Gasteiger partial charge in [0.05, 0.1) is 0 Å². The van der Waals surface area contributed by atoms with E-state index in [1.807, 2.05) is 0 Å². The van der Waals surface area contributed by atoms with E-state index in [0.29, 0.717) is 11.5 Å². The van der Waals surface area contributed by atoms with Gasteiger partial charge in [-0.3, -0.25) is 0 Å². The highest BCUT2D eigenvalue weighted by Crippen LogP contribution is 2.29. The lowest BCUT2D eigenvalue weighted by Gasteiger charge is -2.41. The smallest absolute Gasteiger partial charge is 0.0102 e. The Morgan fingerprint density at radius 2 is 1.79 bits per heavy atom. The standard InChI is InChI=1S/C17H36N2/c1-7-12-18-15(3)17(4,5)13-19(6)16-10-8-14(2)9-11-16/h14-16,18H,7-13H2,1-6H3. The lowest BCUT2D eigenvalue weighted by Crippen LogP contribution is -2.48. The molecule has 114 valence electrons. The van der Waals surface area contributed by atoms with E-state index in [1.165, 1.54) is 38.6 Å². The maximum atomic E-state index is 3.66. The van der Waals surface area contributed by atoms with Crippen molar-refractivity contribution < 1.29 is 0 Å². The van der Waals surface area contributed by atoms with Crippen LogP contribution in [-0.4, -0.2) is 37.1 Å². The van der Waals surface area contributed by atoms with Gasteiger partial charge in [-0.25, -0.2) is 0 Å². The second kappa shape index (κ2) is 7.64. The first-order valence-electron chi connectivity index (χ1n) is 8.30. The van der Waals surface area contributed by atoms with Crippen molar-refractivity contribution in [1.29, 1.82) is 0 Å². The fourth-order valence-corrected chi connectivity index (χ4v) is 3.23. The zero-order chi connectivity index (χ0) is 14.5. The maximum absolute atomic E-state index is 3.66. The van der Waals surface area contributed by atoms with Gasteiger partial charge in [0.1, 0.15) is 0 Å². The molecule has 1 aliphatic rings. The number of rotatable bonds is 7. The summed E-state index contributed by atoms with van der Waals surface area (Å²) in [6, 6.07) is 1.39. The lowest BCUT2D eigenvalue weighted by atomic mass is 9.82. The van der Waals surface area contributed by atoms with Gasteiger partial charge in [0.25, 0.3) is 0 Å². The first-order valence-corrected chi connectivity index (χ1v) is 8.30. The normalized spacial score (nSPS) is 26.7. The van der Waals surface area contributed by atoms with Crippen molar-refractivity contribution in [2.75, 3.05) is 20.1 Å². The molecule has 19 heavy (non-hydrogen) atoms. The van der Waals surface area contributed by atoms with Crippen molar-refractivity contribution in [3.05, 3.63) is 0 Å². The second-order valence-corrected chi connectivity index (χ2v) is 7.49. The average molecular weight is 268 g/mol. The number of nitrogens with zero attached hydrogens (tertiary/aromatic N) is 1. The van der Waals surface area contributed by atoms with Crippen LogP contribution in [0.4, 0.5) is 0 Å². The number of nitrogens with one attached hydrogen (secondary N) is 1. The Morgan fingerprint density at radius 3 is 2.32 bits per heavy atom. The first-order chi connectivity index (χ1) is 8.86. The van der Waals surface area contributed by atoms with Gasteiger partial charge in [0, 0.05) is 18.6 Å². The van der Waals surface area contributed by atoms with Gasteiger partial charge in [-0.15, -0.1) is 0 Å². The van der Waals surface area contributed by atoms with Crippen LogP contribution in [0.5, 0.6) is 0 Å². The Balaban J connectivity index is 2.42. The minimum atomic E-state index is 0.340. The fraction of sp³-hybridized carbons (Fsp3) is 1.00. The molecule has 0 aromatic carbocycles. The Morgan fingerprint density at radius 1 is 1.21 bits per heavy atom. The molecule has 1 aliphatic carbocycles. The van der Waals surface area contributed by atoms with E-state index in [4.69, 9.17) is 0 Å². The molecule has 0 amide bonds. The van der Waals surface area contributed by atoms with Crippen molar-refractivity contribution in [1.82, 2.24) is 10.2 Å². The molecule has 1 N–H and O–H groups in total. The van der Waals surface area contributed by atoms with Crippen molar-refractivity contribution in [2.24, 2.45) is 11.3 Å². The monoisotopic (exact) mass is 268 g/mol. The Bertz CT molecular complexity index is 242. The molecule has 0 saturated heterocycles. The molecule has 0 radical (unpaired) electrons. The Hall–Kier alpha value is -0.0800. The molecule has 1 saturated carbocycles. The fourth-order valence-electron chi connectivity index (χ4n) is 3.23. The molecule has 0 heterocycles. The summed E-state index contributed by atoms with van der Waals surface area (Å²) in [6.07, 6.45) is 6.84. The summed E-state index contributed by atoms with van der Waals surface area (Å²) in [5, 5.41) is 3.66. The van der Waals surface area contributed by atoms with E-state index in [1.54, 1.807) is 0 Å². The minimum absolute atomic E-state index is 0.340. The highest BCUT2D eigenvalue weighted by atomic mass is 15.1. The number of hydrogen-bond acceptors (Lipinski definition) is 2. The van der Waals surface area contributed by atoms with E-state index in [-0.39, 0.29) is 0 Å². The molecule has 1 unspecified atom stereocenters. The number of hydrogen-bond donors (Lipinski definition) is 1. The summed E-state index contributed by atoms with van der Waals surface area (Å²) < 4.78 is 0. The molecular weight excluding hydrogens is 232 g/mol. The first kappa shape index (κ1) is 17.0. The van der Waals surface area contributed by atoms with Gasteiger partial charge in [-0.05, 0) is 64.0 Å². The van der Waals surface area contributed by atoms with Crippen molar-refractivity contribution >= 4 is 0 Å². The molecule has 0 aliphatic heterocycles. The average Bonchev–Trinajstić information content (AvgIpc) is 2.36. The van der Waals surface area contributed by atoms with Crippen LogP contribution in [0.1, 0.15) is 66.7 Å². The molecule has 0 bridgehead atoms. The quantitative estimate of drug-likeness (QED) is 0.753.